The molecule has 0 bridgehead atoms. The summed E-state index contributed by atoms with van der Waals surface area (Å²) in [4.78, 5) is 12.4. The van der Waals surface area contributed by atoms with Gasteiger partial charge in [-0.25, -0.2) is 8.42 Å². The molecule has 1 aliphatic rings. The first kappa shape index (κ1) is 19.9. The molecule has 1 amide bonds. The predicted molar refractivity (Wildman–Crippen MR) is 100 cm³/mol. The number of nitrogens with one attached hydrogen (secondary N) is 1. The molecule has 25 heavy (non-hydrogen) atoms. The van der Waals surface area contributed by atoms with Crippen molar-refractivity contribution in [1.82, 2.24) is 9.62 Å². The Morgan fingerprint density at radius 2 is 1.92 bits per heavy atom. The number of amides is 1. The number of hydrogen-bond acceptors (Lipinski definition) is 3. The third-order valence-corrected chi connectivity index (χ3v) is 6.78. The Kier molecular flexibility index (Phi) is 7.02. The topological polar surface area (TPSA) is 66.5 Å². The minimum absolute atomic E-state index is 0.0577. The lowest BCUT2D eigenvalue weighted by molar-refractivity contribution is 0.0952. The lowest BCUT2D eigenvalue weighted by Gasteiger charge is -2.30. The second-order valence-electron chi connectivity index (χ2n) is 7.28. The van der Waals surface area contributed by atoms with Gasteiger partial charge in [-0.1, -0.05) is 39.2 Å². The SMILES string of the molecule is CC(C)CCNC(=O)c1cccc(S(=O)(=O)N(C)C2CCCCC2)c1. The first-order valence-electron chi connectivity index (χ1n) is 9.18. The molecule has 0 spiro atoms. The van der Waals surface area contributed by atoms with E-state index in [0.29, 0.717) is 18.0 Å². The Hall–Kier alpha value is -1.40. The second kappa shape index (κ2) is 8.81. The normalized spacial score (nSPS) is 16.4. The minimum Gasteiger partial charge on any atom is -0.352 e. The van der Waals surface area contributed by atoms with E-state index in [-0.39, 0.29) is 16.8 Å². The summed E-state index contributed by atoms with van der Waals surface area (Å²) < 4.78 is 27.3. The summed E-state index contributed by atoms with van der Waals surface area (Å²) in [6.07, 6.45) is 6.03. The molecule has 1 N–H and O–H groups in total. The molecule has 0 atom stereocenters. The Labute approximate surface area is 151 Å². The fraction of sp³-hybridized carbons (Fsp3) is 0.632. The highest BCUT2D eigenvalue weighted by molar-refractivity contribution is 7.89. The maximum absolute atomic E-state index is 12.9. The maximum atomic E-state index is 12.9. The van der Waals surface area contributed by atoms with E-state index in [1.54, 1.807) is 25.2 Å². The van der Waals surface area contributed by atoms with E-state index in [2.05, 4.69) is 19.2 Å². The summed E-state index contributed by atoms with van der Waals surface area (Å²) in [6.45, 7) is 4.79. The zero-order valence-electron chi connectivity index (χ0n) is 15.5. The van der Waals surface area contributed by atoms with E-state index in [0.717, 1.165) is 32.1 Å². The molecule has 0 radical (unpaired) electrons. The van der Waals surface area contributed by atoms with Gasteiger partial charge in [-0.05, 0) is 43.4 Å². The first-order chi connectivity index (χ1) is 11.8. The molecular weight excluding hydrogens is 336 g/mol. The van der Waals surface area contributed by atoms with Crippen molar-refractivity contribution in [3.63, 3.8) is 0 Å². The minimum atomic E-state index is -3.58. The van der Waals surface area contributed by atoms with E-state index >= 15 is 0 Å². The smallest absolute Gasteiger partial charge is 0.251 e. The highest BCUT2D eigenvalue weighted by Gasteiger charge is 2.29. The zero-order valence-corrected chi connectivity index (χ0v) is 16.3. The van der Waals surface area contributed by atoms with Gasteiger partial charge in [0.15, 0.2) is 0 Å². The van der Waals surface area contributed by atoms with Gasteiger partial charge in [0, 0.05) is 25.2 Å². The quantitative estimate of drug-likeness (QED) is 0.804. The van der Waals surface area contributed by atoms with Crippen LogP contribution in [0.4, 0.5) is 0 Å². The molecule has 1 aromatic carbocycles. The van der Waals surface area contributed by atoms with E-state index in [1.807, 2.05) is 0 Å². The Bertz CT molecular complexity index is 680. The van der Waals surface area contributed by atoms with Crippen LogP contribution in [0.25, 0.3) is 0 Å². The van der Waals surface area contributed by atoms with Crippen LogP contribution >= 0.6 is 0 Å². The van der Waals surface area contributed by atoms with Crippen molar-refractivity contribution in [3.05, 3.63) is 29.8 Å². The van der Waals surface area contributed by atoms with Gasteiger partial charge >= 0.3 is 0 Å². The van der Waals surface area contributed by atoms with Crippen LogP contribution in [0.2, 0.25) is 0 Å². The molecule has 6 heteroatoms. The highest BCUT2D eigenvalue weighted by atomic mass is 32.2. The molecule has 140 valence electrons. The summed E-state index contributed by atoms with van der Waals surface area (Å²) in [7, 11) is -1.92. The predicted octanol–water partition coefficient (Wildman–Crippen LogP) is 3.42. The molecule has 0 unspecified atom stereocenters. The van der Waals surface area contributed by atoms with Crippen molar-refractivity contribution in [1.29, 1.82) is 0 Å². The van der Waals surface area contributed by atoms with Crippen molar-refractivity contribution in [2.24, 2.45) is 5.92 Å². The summed E-state index contributed by atoms with van der Waals surface area (Å²) in [5.41, 5.74) is 0.391. The van der Waals surface area contributed by atoms with Crippen molar-refractivity contribution in [2.75, 3.05) is 13.6 Å². The van der Waals surface area contributed by atoms with E-state index in [1.165, 1.54) is 16.8 Å². The van der Waals surface area contributed by atoms with E-state index < -0.39 is 10.0 Å². The fourth-order valence-corrected chi connectivity index (χ4v) is 4.64. The van der Waals surface area contributed by atoms with Crippen LogP contribution in [0.1, 0.15) is 62.7 Å². The van der Waals surface area contributed by atoms with Crippen LogP contribution in [-0.2, 0) is 10.0 Å². The third kappa shape index (κ3) is 5.28. The molecule has 2 rings (SSSR count). The van der Waals surface area contributed by atoms with Crippen LogP contribution in [0, 0.1) is 5.92 Å². The summed E-state index contributed by atoms with van der Waals surface area (Å²) in [5, 5.41) is 2.85. The van der Waals surface area contributed by atoms with Gasteiger partial charge in [0.05, 0.1) is 4.90 Å². The molecule has 1 aromatic rings. The largest absolute Gasteiger partial charge is 0.352 e. The van der Waals surface area contributed by atoms with Gasteiger partial charge in [0.1, 0.15) is 0 Å². The highest BCUT2D eigenvalue weighted by Crippen LogP contribution is 2.26. The summed E-state index contributed by atoms with van der Waals surface area (Å²) >= 11 is 0. The molecule has 1 fully saturated rings. The lowest BCUT2D eigenvalue weighted by Crippen LogP contribution is -2.38. The monoisotopic (exact) mass is 366 g/mol. The van der Waals surface area contributed by atoms with Crippen molar-refractivity contribution in [2.45, 2.75) is 63.3 Å². The molecule has 0 heterocycles. The van der Waals surface area contributed by atoms with Gasteiger partial charge < -0.3 is 5.32 Å². The number of nitrogens with zero attached hydrogens (tertiary/aromatic N) is 1. The average molecular weight is 367 g/mol. The number of carbonyl (C=O) groups excluding carboxylic acids is 1. The lowest BCUT2D eigenvalue weighted by atomic mass is 9.96. The second-order valence-corrected chi connectivity index (χ2v) is 9.28. The molecule has 0 aliphatic heterocycles. The molecular formula is C19H30N2O3S. The molecule has 1 saturated carbocycles. The van der Waals surface area contributed by atoms with Crippen LogP contribution in [0.5, 0.6) is 0 Å². The number of sulfonamides is 1. The van der Waals surface area contributed by atoms with Gasteiger partial charge in [0.2, 0.25) is 10.0 Å². The average Bonchev–Trinajstić information content (AvgIpc) is 2.61. The molecule has 1 aliphatic carbocycles. The van der Waals surface area contributed by atoms with Crippen molar-refractivity contribution in [3.8, 4) is 0 Å². The van der Waals surface area contributed by atoms with E-state index in [9.17, 15) is 13.2 Å². The van der Waals surface area contributed by atoms with Crippen LogP contribution < -0.4 is 5.32 Å². The Morgan fingerprint density at radius 1 is 1.24 bits per heavy atom. The fourth-order valence-electron chi connectivity index (χ4n) is 3.18. The van der Waals surface area contributed by atoms with Gasteiger partial charge in [0.25, 0.3) is 5.91 Å². The van der Waals surface area contributed by atoms with Gasteiger partial charge in [-0.2, -0.15) is 4.31 Å². The summed E-state index contributed by atoms with van der Waals surface area (Å²) in [6, 6.07) is 6.41. The zero-order chi connectivity index (χ0) is 18.4. The number of carbonyl (C=O) groups is 1. The summed E-state index contributed by atoms with van der Waals surface area (Å²) in [5.74, 6) is 0.286. The van der Waals surface area contributed by atoms with Crippen molar-refractivity contribution < 1.29 is 13.2 Å². The maximum Gasteiger partial charge on any atom is 0.251 e. The van der Waals surface area contributed by atoms with Crippen LogP contribution in [-0.4, -0.2) is 38.3 Å². The van der Waals surface area contributed by atoms with Crippen LogP contribution in [0.3, 0.4) is 0 Å². The molecule has 0 saturated heterocycles. The number of benzene rings is 1. The van der Waals surface area contributed by atoms with Gasteiger partial charge in [-0.15, -0.1) is 0 Å². The third-order valence-electron chi connectivity index (χ3n) is 4.87. The Balaban J connectivity index is 2.12. The molecule has 0 aromatic heterocycles. The van der Waals surface area contributed by atoms with E-state index in [4.69, 9.17) is 0 Å². The number of rotatable bonds is 7. The standard InChI is InChI=1S/C19H30N2O3S/c1-15(2)12-13-20-19(22)16-8-7-11-18(14-16)25(23,24)21(3)17-9-5-4-6-10-17/h7-8,11,14-15,17H,4-6,9-10,12-13H2,1-3H3,(H,20,22). The van der Waals surface area contributed by atoms with Gasteiger partial charge in [-0.3, -0.25) is 4.79 Å². The number of hydrogen-bond donors (Lipinski definition) is 1. The Morgan fingerprint density at radius 3 is 2.56 bits per heavy atom. The molecule has 5 nitrogen and oxygen atoms in total. The van der Waals surface area contributed by atoms with Crippen LogP contribution in [0.15, 0.2) is 29.2 Å². The van der Waals surface area contributed by atoms with Crippen molar-refractivity contribution >= 4 is 15.9 Å². The first-order valence-corrected chi connectivity index (χ1v) is 10.6.